The number of anilines is 1. The number of aliphatic hydroxyl groups is 1. The Bertz CT molecular complexity index is 1720. The Balaban J connectivity index is 1.20. The Hall–Kier alpha value is -4.03. The van der Waals surface area contributed by atoms with Crippen molar-refractivity contribution in [1.29, 1.82) is 0 Å². The van der Waals surface area contributed by atoms with Gasteiger partial charge in [-0.25, -0.2) is 23.4 Å². The second-order valence-electron chi connectivity index (χ2n) is 10.3. The SMILES string of the molecule is Cc1ncc(C(=O)NCc2cc3nc(-c4ccnc(N5C[C@H](O)C6(CC6)C5)n4)ccc3cn2)cc1S(C)(=O)=O. The van der Waals surface area contributed by atoms with Gasteiger partial charge in [-0.1, -0.05) is 0 Å². The second kappa shape index (κ2) is 9.31. The third kappa shape index (κ3) is 4.92. The highest BCUT2D eigenvalue weighted by Crippen LogP contribution is 2.53. The standard InChI is InChI=1S/C27H27N7O4S/c1-16-23(39(2,37)38)9-18(12-29-16)25(36)31-13-19-10-22-17(11-30-19)3-4-20(32-22)21-5-8-28-26(33-21)34-14-24(35)27(15-34)6-7-27/h3-5,8-12,24,35H,6-7,13-15H2,1-2H3,(H,31,36)/t24-/m0/s1. The third-order valence-electron chi connectivity index (χ3n) is 7.45. The van der Waals surface area contributed by atoms with Crippen LogP contribution in [-0.4, -0.2) is 69.8 Å². The van der Waals surface area contributed by atoms with Gasteiger partial charge in [-0.15, -0.1) is 0 Å². The van der Waals surface area contributed by atoms with Crippen LogP contribution in [0.25, 0.3) is 22.3 Å². The number of carbonyl (C=O) groups excluding carboxylic acids is 1. The van der Waals surface area contributed by atoms with E-state index in [4.69, 9.17) is 9.97 Å². The van der Waals surface area contributed by atoms with Crippen LogP contribution in [0.2, 0.25) is 0 Å². The van der Waals surface area contributed by atoms with Crippen molar-refractivity contribution >= 4 is 32.6 Å². The van der Waals surface area contributed by atoms with Gasteiger partial charge in [0.15, 0.2) is 9.84 Å². The maximum absolute atomic E-state index is 12.7. The zero-order chi connectivity index (χ0) is 27.4. The first kappa shape index (κ1) is 25.3. The van der Waals surface area contributed by atoms with Crippen molar-refractivity contribution in [2.45, 2.75) is 37.3 Å². The van der Waals surface area contributed by atoms with E-state index in [0.29, 0.717) is 40.8 Å². The molecule has 4 aromatic heterocycles. The van der Waals surface area contributed by atoms with Crippen LogP contribution in [-0.2, 0) is 16.4 Å². The van der Waals surface area contributed by atoms with E-state index in [1.807, 2.05) is 17.0 Å². The Kier molecular flexibility index (Phi) is 6.03. The molecular formula is C27H27N7O4S. The molecule has 6 rings (SSSR count). The molecule has 1 spiro atoms. The maximum Gasteiger partial charge on any atom is 0.253 e. The number of pyridine rings is 3. The number of carbonyl (C=O) groups is 1. The zero-order valence-electron chi connectivity index (χ0n) is 21.5. The van der Waals surface area contributed by atoms with Gasteiger partial charge in [0.25, 0.3) is 5.91 Å². The van der Waals surface area contributed by atoms with Crippen molar-refractivity contribution in [3.05, 3.63) is 65.9 Å². The van der Waals surface area contributed by atoms with E-state index in [9.17, 15) is 18.3 Å². The number of rotatable bonds is 6. The van der Waals surface area contributed by atoms with Crippen molar-refractivity contribution in [3.63, 3.8) is 0 Å². The van der Waals surface area contributed by atoms with Crippen LogP contribution in [0.4, 0.5) is 5.95 Å². The van der Waals surface area contributed by atoms with E-state index < -0.39 is 15.7 Å². The summed E-state index contributed by atoms with van der Waals surface area (Å²) in [4.78, 5) is 37.2. The summed E-state index contributed by atoms with van der Waals surface area (Å²) in [7, 11) is -3.51. The minimum Gasteiger partial charge on any atom is -0.391 e. The fourth-order valence-corrected chi connectivity index (χ4v) is 5.91. The summed E-state index contributed by atoms with van der Waals surface area (Å²) in [5.41, 5.74) is 3.13. The summed E-state index contributed by atoms with van der Waals surface area (Å²) in [5, 5.41) is 14.0. The molecule has 1 amide bonds. The van der Waals surface area contributed by atoms with E-state index in [0.717, 1.165) is 31.0 Å². The quantitative estimate of drug-likeness (QED) is 0.368. The number of β-amino-alcohol motifs (C(OH)–C–C–N with tert-alkyl or cyclic N) is 1. The monoisotopic (exact) mass is 545 g/mol. The highest BCUT2D eigenvalue weighted by molar-refractivity contribution is 7.90. The topological polar surface area (TPSA) is 151 Å². The number of amides is 1. The maximum atomic E-state index is 12.7. The lowest BCUT2D eigenvalue weighted by Gasteiger charge is -2.16. The summed E-state index contributed by atoms with van der Waals surface area (Å²) >= 11 is 0. The molecule has 11 nitrogen and oxygen atoms in total. The number of aliphatic hydroxyl groups excluding tert-OH is 1. The molecule has 12 heteroatoms. The molecule has 1 aliphatic carbocycles. The average Bonchev–Trinajstić information content (AvgIpc) is 3.63. The first-order chi connectivity index (χ1) is 18.6. The van der Waals surface area contributed by atoms with Crippen LogP contribution < -0.4 is 10.2 Å². The average molecular weight is 546 g/mol. The summed E-state index contributed by atoms with van der Waals surface area (Å²) in [6, 6.07) is 8.72. The predicted molar refractivity (Wildman–Crippen MR) is 144 cm³/mol. The van der Waals surface area contributed by atoms with E-state index in [1.54, 1.807) is 31.5 Å². The molecule has 39 heavy (non-hydrogen) atoms. The van der Waals surface area contributed by atoms with Gasteiger partial charge in [0.05, 0.1) is 51.4 Å². The van der Waals surface area contributed by atoms with Crippen LogP contribution >= 0.6 is 0 Å². The number of nitrogens with one attached hydrogen (secondary N) is 1. The molecule has 1 aliphatic heterocycles. The molecule has 0 aromatic carbocycles. The van der Waals surface area contributed by atoms with Gasteiger partial charge in [-0.05, 0) is 50.1 Å². The highest BCUT2D eigenvalue weighted by atomic mass is 32.2. The Morgan fingerprint density at radius 2 is 1.90 bits per heavy atom. The Labute approximate surface area is 225 Å². The minimum absolute atomic E-state index is 0.00530. The van der Waals surface area contributed by atoms with Gasteiger partial charge < -0.3 is 15.3 Å². The lowest BCUT2D eigenvalue weighted by atomic mass is 10.0. The lowest BCUT2D eigenvalue weighted by molar-refractivity contribution is 0.0949. The van der Waals surface area contributed by atoms with Crippen molar-refractivity contribution in [3.8, 4) is 11.4 Å². The first-order valence-corrected chi connectivity index (χ1v) is 14.5. The van der Waals surface area contributed by atoms with E-state index >= 15 is 0 Å². The normalized spacial score (nSPS) is 18.0. The van der Waals surface area contributed by atoms with E-state index in [1.165, 1.54) is 12.3 Å². The number of hydrogen-bond acceptors (Lipinski definition) is 10. The van der Waals surface area contributed by atoms with Gasteiger partial charge in [0.2, 0.25) is 5.95 Å². The summed E-state index contributed by atoms with van der Waals surface area (Å²) < 4.78 is 24.0. The van der Waals surface area contributed by atoms with Crippen molar-refractivity contribution in [2.24, 2.45) is 5.41 Å². The van der Waals surface area contributed by atoms with E-state index in [2.05, 4.69) is 20.3 Å². The van der Waals surface area contributed by atoms with Crippen LogP contribution in [0.1, 0.15) is 34.6 Å². The fourth-order valence-electron chi connectivity index (χ4n) is 4.98. The summed E-state index contributed by atoms with van der Waals surface area (Å²) in [5.74, 6) is 0.129. The molecule has 5 heterocycles. The molecule has 4 aromatic rings. The number of sulfone groups is 1. The number of aromatic nitrogens is 5. The smallest absolute Gasteiger partial charge is 0.253 e. The highest BCUT2D eigenvalue weighted by Gasteiger charge is 2.55. The molecule has 0 unspecified atom stereocenters. The molecule has 200 valence electrons. The number of nitrogens with zero attached hydrogens (tertiary/aromatic N) is 6. The van der Waals surface area contributed by atoms with Crippen molar-refractivity contribution in [1.82, 2.24) is 30.2 Å². The second-order valence-corrected chi connectivity index (χ2v) is 12.3. The van der Waals surface area contributed by atoms with Crippen LogP contribution in [0.5, 0.6) is 0 Å². The number of fused-ring (bicyclic) bond motifs is 1. The number of hydrogen-bond donors (Lipinski definition) is 2. The van der Waals surface area contributed by atoms with Crippen molar-refractivity contribution in [2.75, 3.05) is 24.2 Å². The van der Waals surface area contributed by atoms with Crippen molar-refractivity contribution < 1.29 is 18.3 Å². The molecule has 0 radical (unpaired) electrons. The number of aryl methyl sites for hydroxylation is 1. The molecule has 2 aliphatic rings. The molecule has 2 fully saturated rings. The molecule has 0 bridgehead atoms. The summed E-state index contributed by atoms with van der Waals surface area (Å²) in [6.45, 7) is 3.00. The largest absolute Gasteiger partial charge is 0.391 e. The van der Waals surface area contributed by atoms with Gasteiger partial charge in [-0.2, -0.15) is 0 Å². The predicted octanol–water partition coefficient (Wildman–Crippen LogP) is 2.08. The molecule has 1 atom stereocenters. The summed E-state index contributed by atoms with van der Waals surface area (Å²) in [6.07, 6.45) is 7.56. The molecular weight excluding hydrogens is 518 g/mol. The van der Waals surface area contributed by atoms with Gasteiger partial charge >= 0.3 is 0 Å². The molecule has 1 saturated heterocycles. The lowest BCUT2D eigenvalue weighted by Crippen LogP contribution is -2.24. The van der Waals surface area contributed by atoms with E-state index in [-0.39, 0.29) is 28.5 Å². The zero-order valence-corrected chi connectivity index (χ0v) is 22.3. The van der Waals surface area contributed by atoms with Crippen LogP contribution in [0.3, 0.4) is 0 Å². The Morgan fingerprint density at radius 3 is 2.64 bits per heavy atom. The Morgan fingerprint density at radius 1 is 1.10 bits per heavy atom. The van der Waals surface area contributed by atoms with Gasteiger partial charge in [0, 0.05) is 48.7 Å². The fraction of sp³-hybridized carbons (Fsp3) is 0.333. The van der Waals surface area contributed by atoms with Crippen LogP contribution in [0, 0.1) is 12.3 Å². The molecule has 2 N–H and O–H groups in total. The van der Waals surface area contributed by atoms with Crippen LogP contribution in [0.15, 0.2) is 53.8 Å². The first-order valence-electron chi connectivity index (χ1n) is 12.6. The minimum atomic E-state index is -3.51. The van der Waals surface area contributed by atoms with Gasteiger partial charge in [-0.3, -0.25) is 14.8 Å². The third-order valence-corrected chi connectivity index (χ3v) is 8.66. The molecule has 1 saturated carbocycles. The van der Waals surface area contributed by atoms with Gasteiger partial charge in [0.1, 0.15) is 0 Å².